The number of carbonyl (C=O) groups excluding carboxylic acids is 1. The van der Waals surface area contributed by atoms with Gasteiger partial charge in [-0.1, -0.05) is 29.8 Å². The van der Waals surface area contributed by atoms with Gasteiger partial charge in [0.1, 0.15) is 0 Å². The number of nitrogens with one attached hydrogen (secondary N) is 1. The second-order valence-electron chi connectivity index (χ2n) is 5.79. The minimum absolute atomic E-state index is 0.175. The number of urea groups is 1. The topological polar surface area (TPSA) is 50.8 Å². The lowest BCUT2D eigenvalue weighted by Gasteiger charge is -2.20. The average Bonchev–Trinajstić information content (AvgIpc) is 2.58. The third-order valence-corrected chi connectivity index (χ3v) is 3.86. The van der Waals surface area contributed by atoms with E-state index < -0.39 is 0 Å². The highest BCUT2D eigenvalue weighted by molar-refractivity contribution is 5.90. The van der Waals surface area contributed by atoms with Crippen LogP contribution in [0.5, 0.6) is 11.5 Å². The van der Waals surface area contributed by atoms with Crippen molar-refractivity contribution >= 4 is 11.7 Å². The van der Waals surface area contributed by atoms with Gasteiger partial charge >= 0.3 is 6.03 Å². The van der Waals surface area contributed by atoms with Crippen molar-refractivity contribution in [1.29, 1.82) is 0 Å². The van der Waals surface area contributed by atoms with Gasteiger partial charge in [0.25, 0.3) is 0 Å². The predicted molar refractivity (Wildman–Crippen MR) is 95.9 cm³/mol. The molecule has 2 aromatic rings. The first-order chi connectivity index (χ1) is 11.4. The first-order valence-electron chi connectivity index (χ1n) is 7.75. The summed E-state index contributed by atoms with van der Waals surface area (Å²) in [5.41, 5.74) is 3.90. The number of anilines is 1. The highest BCUT2D eigenvalue weighted by Crippen LogP contribution is 2.33. The van der Waals surface area contributed by atoms with Gasteiger partial charge in [0.05, 0.1) is 14.2 Å². The molecular weight excluding hydrogens is 304 g/mol. The summed E-state index contributed by atoms with van der Waals surface area (Å²) in [6.45, 7) is 4.50. The largest absolute Gasteiger partial charge is 0.493 e. The smallest absolute Gasteiger partial charge is 0.321 e. The Kier molecular flexibility index (Phi) is 5.68. The number of benzene rings is 2. The fourth-order valence-corrected chi connectivity index (χ4v) is 2.37. The van der Waals surface area contributed by atoms with Crippen molar-refractivity contribution in [2.24, 2.45) is 0 Å². The fourth-order valence-electron chi connectivity index (χ4n) is 2.37. The van der Waals surface area contributed by atoms with Crippen molar-refractivity contribution in [3.63, 3.8) is 0 Å². The highest BCUT2D eigenvalue weighted by atomic mass is 16.5. The van der Waals surface area contributed by atoms with E-state index in [4.69, 9.17) is 9.47 Å². The van der Waals surface area contributed by atoms with E-state index in [0.717, 1.165) is 11.1 Å². The van der Waals surface area contributed by atoms with Gasteiger partial charge in [0.2, 0.25) is 0 Å². The minimum atomic E-state index is -0.175. The van der Waals surface area contributed by atoms with E-state index >= 15 is 0 Å². The lowest BCUT2D eigenvalue weighted by molar-refractivity contribution is 0.220. The molecule has 0 radical (unpaired) electrons. The lowest BCUT2D eigenvalue weighted by atomic mass is 10.1. The Morgan fingerprint density at radius 3 is 2.21 bits per heavy atom. The first kappa shape index (κ1) is 17.7. The van der Waals surface area contributed by atoms with Crippen LogP contribution < -0.4 is 14.8 Å². The van der Waals surface area contributed by atoms with Crippen LogP contribution in [-0.4, -0.2) is 32.2 Å². The standard InChI is InChI=1S/C19H24N2O3/c1-13-6-8-15(9-7-13)12-21(3)19(22)20-16-11-18(24-5)17(23-4)10-14(16)2/h6-11H,12H2,1-5H3,(H,20,22). The molecule has 0 atom stereocenters. The molecule has 0 aliphatic heterocycles. The van der Waals surface area contributed by atoms with Gasteiger partial charge in [-0.3, -0.25) is 0 Å². The Hall–Kier alpha value is -2.69. The number of nitrogens with zero attached hydrogens (tertiary/aromatic N) is 1. The third-order valence-electron chi connectivity index (χ3n) is 3.86. The molecule has 0 saturated carbocycles. The lowest BCUT2D eigenvalue weighted by Crippen LogP contribution is -2.31. The normalized spacial score (nSPS) is 10.2. The van der Waals surface area contributed by atoms with E-state index in [-0.39, 0.29) is 6.03 Å². The predicted octanol–water partition coefficient (Wildman–Crippen LogP) is 3.98. The Bertz CT molecular complexity index is 711. The van der Waals surface area contributed by atoms with Crippen LogP contribution in [-0.2, 0) is 6.54 Å². The van der Waals surface area contributed by atoms with Crippen LogP contribution in [0, 0.1) is 13.8 Å². The second kappa shape index (κ2) is 7.73. The quantitative estimate of drug-likeness (QED) is 0.903. The van der Waals surface area contributed by atoms with Crippen molar-refractivity contribution in [3.8, 4) is 11.5 Å². The highest BCUT2D eigenvalue weighted by Gasteiger charge is 2.14. The number of carbonyl (C=O) groups is 1. The van der Waals surface area contributed by atoms with Crippen LogP contribution in [0.2, 0.25) is 0 Å². The number of ether oxygens (including phenoxy) is 2. The monoisotopic (exact) mass is 328 g/mol. The SMILES string of the molecule is COc1cc(C)c(NC(=O)N(C)Cc2ccc(C)cc2)cc1OC. The molecule has 24 heavy (non-hydrogen) atoms. The summed E-state index contributed by atoms with van der Waals surface area (Å²) in [5.74, 6) is 1.22. The summed E-state index contributed by atoms with van der Waals surface area (Å²) in [7, 11) is 4.93. The van der Waals surface area contributed by atoms with E-state index in [1.165, 1.54) is 5.56 Å². The van der Waals surface area contributed by atoms with Crippen molar-refractivity contribution in [1.82, 2.24) is 4.90 Å². The molecule has 0 aliphatic carbocycles. The van der Waals surface area contributed by atoms with E-state index in [1.807, 2.05) is 44.2 Å². The molecule has 0 heterocycles. The zero-order valence-corrected chi connectivity index (χ0v) is 14.8. The maximum atomic E-state index is 12.4. The Labute approximate surface area is 143 Å². The number of aryl methyl sites for hydroxylation is 2. The van der Waals surface area contributed by atoms with Crippen LogP contribution in [0.25, 0.3) is 0 Å². The molecule has 0 unspecified atom stereocenters. The zero-order chi connectivity index (χ0) is 17.7. The van der Waals surface area contributed by atoms with Gasteiger partial charge in [-0.15, -0.1) is 0 Å². The Morgan fingerprint density at radius 2 is 1.62 bits per heavy atom. The van der Waals surface area contributed by atoms with Crippen LogP contribution in [0.3, 0.4) is 0 Å². The van der Waals surface area contributed by atoms with E-state index in [1.54, 1.807) is 32.2 Å². The number of hydrogen-bond acceptors (Lipinski definition) is 3. The van der Waals surface area contributed by atoms with Gasteiger partial charge in [0.15, 0.2) is 11.5 Å². The van der Waals surface area contributed by atoms with Crippen LogP contribution in [0.15, 0.2) is 36.4 Å². The third kappa shape index (κ3) is 4.19. The molecule has 5 heteroatoms. The molecule has 2 aromatic carbocycles. The molecular formula is C19H24N2O3. The van der Waals surface area contributed by atoms with Crippen LogP contribution in [0.1, 0.15) is 16.7 Å². The fraction of sp³-hybridized carbons (Fsp3) is 0.316. The maximum Gasteiger partial charge on any atom is 0.321 e. The molecule has 128 valence electrons. The second-order valence-corrected chi connectivity index (χ2v) is 5.79. The van der Waals surface area contributed by atoms with Crippen LogP contribution >= 0.6 is 0 Å². The van der Waals surface area contributed by atoms with Gasteiger partial charge in [-0.05, 0) is 31.0 Å². The maximum absolute atomic E-state index is 12.4. The zero-order valence-electron chi connectivity index (χ0n) is 14.8. The molecule has 0 fully saturated rings. The van der Waals surface area contributed by atoms with Crippen molar-refractivity contribution in [2.75, 3.05) is 26.6 Å². The van der Waals surface area contributed by atoms with Crippen molar-refractivity contribution in [3.05, 3.63) is 53.1 Å². The molecule has 1 N–H and O–H groups in total. The first-order valence-corrected chi connectivity index (χ1v) is 7.75. The molecule has 5 nitrogen and oxygen atoms in total. The van der Waals surface area contributed by atoms with Gasteiger partial charge in [-0.25, -0.2) is 4.79 Å². The Balaban J connectivity index is 2.09. The summed E-state index contributed by atoms with van der Waals surface area (Å²) in [5, 5.41) is 2.92. The summed E-state index contributed by atoms with van der Waals surface area (Å²) < 4.78 is 10.6. The summed E-state index contributed by atoms with van der Waals surface area (Å²) in [6, 6.07) is 11.6. The van der Waals surface area contributed by atoms with E-state index in [0.29, 0.717) is 23.7 Å². The van der Waals surface area contributed by atoms with Gasteiger partial charge in [0, 0.05) is 25.3 Å². The van der Waals surface area contributed by atoms with Gasteiger partial charge in [-0.2, -0.15) is 0 Å². The van der Waals surface area contributed by atoms with Crippen molar-refractivity contribution < 1.29 is 14.3 Å². The molecule has 0 aromatic heterocycles. The number of amides is 2. The molecule has 2 amide bonds. The molecule has 2 rings (SSSR count). The van der Waals surface area contributed by atoms with Gasteiger partial charge < -0.3 is 19.7 Å². The number of rotatable bonds is 5. The molecule has 0 spiro atoms. The summed E-state index contributed by atoms with van der Waals surface area (Å²) >= 11 is 0. The summed E-state index contributed by atoms with van der Waals surface area (Å²) in [4.78, 5) is 14.1. The van der Waals surface area contributed by atoms with E-state index in [9.17, 15) is 4.79 Å². The van der Waals surface area contributed by atoms with Crippen molar-refractivity contribution in [2.45, 2.75) is 20.4 Å². The summed E-state index contributed by atoms with van der Waals surface area (Å²) in [6.07, 6.45) is 0. The molecule has 0 bridgehead atoms. The molecule has 0 aliphatic rings. The molecule has 0 saturated heterocycles. The average molecular weight is 328 g/mol. The number of hydrogen-bond donors (Lipinski definition) is 1. The minimum Gasteiger partial charge on any atom is -0.493 e. The Morgan fingerprint density at radius 1 is 1.04 bits per heavy atom. The number of methoxy groups -OCH3 is 2. The van der Waals surface area contributed by atoms with Crippen LogP contribution in [0.4, 0.5) is 10.5 Å². The van der Waals surface area contributed by atoms with E-state index in [2.05, 4.69) is 5.32 Å².